The SMILES string of the molecule is COCCNC(=O)CNC(C)c1cccc(OC(F)F)c1. The molecule has 0 radical (unpaired) electrons. The normalized spacial score (nSPS) is 12.2. The number of carbonyl (C=O) groups is 1. The lowest BCUT2D eigenvalue weighted by atomic mass is 10.1. The molecule has 0 spiro atoms. The molecular formula is C14H20F2N2O3. The maximum atomic E-state index is 12.2. The molecule has 1 aromatic carbocycles. The van der Waals surface area contributed by atoms with Crippen molar-refractivity contribution in [1.82, 2.24) is 10.6 Å². The Bertz CT molecular complexity index is 444. The molecule has 1 amide bonds. The number of nitrogens with one attached hydrogen (secondary N) is 2. The van der Waals surface area contributed by atoms with Gasteiger partial charge in [-0.2, -0.15) is 8.78 Å². The molecule has 0 aliphatic heterocycles. The van der Waals surface area contributed by atoms with Crippen molar-refractivity contribution >= 4 is 5.91 Å². The third-order valence-corrected chi connectivity index (χ3v) is 2.78. The molecule has 0 fully saturated rings. The number of rotatable bonds is 9. The molecule has 0 heterocycles. The second-order valence-electron chi connectivity index (χ2n) is 4.40. The first-order valence-corrected chi connectivity index (χ1v) is 6.56. The van der Waals surface area contributed by atoms with E-state index >= 15 is 0 Å². The number of amides is 1. The molecule has 0 aliphatic rings. The molecule has 1 atom stereocenters. The molecule has 1 unspecified atom stereocenters. The van der Waals surface area contributed by atoms with Crippen LogP contribution >= 0.6 is 0 Å². The van der Waals surface area contributed by atoms with Gasteiger partial charge in [-0.15, -0.1) is 0 Å². The first-order valence-electron chi connectivity index (χ1n) is 6.56. The summed E-state index contributed by atoms with van der Waals surface area (Å²) < 4.78 is 33.5. The third kappa shape index (κ3) is 7.01. The molecule has 0 bridgehead atoms. The zero-order chi connectivity index (χ0) is 15.7. The van der Waals surface area contributed by atoms with Crippen LogP contribution in [0.15, 0.2) is 24.3 Å². The van der Waals surface area contributed by atoms with Crippen LogP contribution in [0.4, 0.5) is 8.78 Å². The number of benzene rings is 1. The molecule has 118 valence electrons. The molecule has 21 heavy (non-hydrogen) atoms. The summed E-state index contributed by atoms with van der Waals surface area (Å²) in [4.78, 5) is 11.5. The number of methoxy groups -OCH3 is 1. The predicted octanol–water partition coefficient (Wildman–Crippen LogP) is 1.70. The van der Waals surface area contributed by atoms with Crippen LogP contribution in [0, 0.1) is 0 Å². The Balaban J connectivity index is 2.44. The molecular weight excluding hydrogens is 282 g/mol. The minimum Gasteiger partial charge on any atom is -0.435 e. The predicted molar refractivity (Wildman–Crippen MR) is 74.4 cm³/mol. The fourth-order valence-corrected chi connectivity index (χ4v) is 1.68. The zero-order valence-corrected chi connectivity index (χ0v) is 12.1. The average molecular weight is 302 g/mol. The van der Waals surface area contributed by atoms with Crippen LogP contribution < -0.4 is 15.4 Å². The van der Waals surface area contributed by atoms with Gasteiger partial charge in [0.15, 0.2) is 0 Å². The third-order valence-electron chi connectivity index (χ3n) is 2.78. The van der Waals surface area contributed by atoms with Gasteiger partial charge in [0.25, 0.3) is 0 Å². The van der Waals surface area contributed by atoms with Crippen molar-refractivity contribution in [2.75, 3.05) is 26.8 Å². The number of hydrogen-bond donors (Lipinski definition) is 2. The van der Waals surface area contributed by atoms with Gasteiger partial charge in [0, 0.05) is 19.7 Å². The van der Waals surface area contributed by atoms with Gasteiger partial charge < -0.3 is 20.1 Å². The van der Waals surface area contributed by atoms with Gasteiger partial charge in [-0.25, -0.2) is 0 Å². The van der Waals surface area contributed by atoms with Gasteiger partial charge in [-0.1, -0.05) is 12.1 Å². The van der Waals surface area contributed by atoms with Crippen molar-refractivity contribution in [2.24, 2.45) is 0 Å². The van der Waals surface area contributed by atoms with E-state index in [4.69, 9.17) is 4.74 Å². The largest absolute Gasteiger partial charge is 0.435 e. The van der Waals surface area contributed by atoms with Gasteiger partial charge in [0.2, 0.25) is 5.91 Å². The molecule has 2 N–H and O–H groups in total. The number of carbonyl (C=O) groups excluding carboxylic acids is 1. The van der Waals surface area contributed by atoms with Crippen molar-refractivity contribution in [3.63, 3.8) is 0 Å². The van der Waals surface area contributed by atoms with Crippen LogP contribution in [0.1, 0.15) is 18.5 Å². The van der Waals surface area contributed by atoms with E-state index in [2.05, 4.69) is 15.4 Å². The lowest BCUT2D eigenvalue weighted by Crippen LogP contribution is -2.36. The highest BCUT2D eigenvalue weighted by Crippen LogP contribution is 2.20. The van der Waals surface area contributed by atoms with Crippen molar-refractivity contribution < 1.29 is 23.0 Å². The van der Waals surface area contributed by atoms with E-state index in [9.17, 15) is 13.6 Å². The van der Waals surface area contributed by atoms with E-state index in [0.717, 1.165) is 5.56 Å². The zero-order valence-electron chi connectivity index (χ0n) is 12.1. The van der Waals surface area contributed by atoms with Gasteiger partial charge in [0.05, 0.1) is 13.2 Å². The van der Waals surface area contributed by atoms with E-state index in [-0.39, 0.29) is 24.2 Å². The summed E-state index contributed by atoms with van der Waals surface area (Å²) in [6, 6.07) is 6.22. The van der Waals surface area contributed by atoms with Crippen LogP contribution in [0.3, 0.4) is 0 Å². The number of alkyl halides is 2. The Morgan fingerprint density at radius 2 is 2.14 bits per heavy atom. The topological polar surface area (TPSA) is 59.6 Å². The van der Waals surface area contributed by atoms with E-state index in [1.165, 1.54) is 12.1 Å². The first kappa shape index (κ1) is 17.3. The van der Waals surface area contributed by atoms with Crippen molar-refractivity contribution in [3.05, 3.63) is 29.8 Å². The van der Waals surface area contributed by atoms with E-state index < -0.39 is 6.61 Å². The Morgan fingerprint density at radius 1 is 1.38 bits per heavy atom. The summed E-state index contributed by atoms with van der Waals surface area (Å²) in [6.07, 6.45) is 0. The van der Waals surface area contributed by atoms with Gasteiger partial charge in [0.1, 0.15) is 5.75 Å². The standard InChI is InChI=1S/C14H20F2N2O3/c1-10(18-9-13(19)17-6-7-20-2)11-4-3-5-12(8-11)21-14(15)16/h3-5,8,10,14,18H,6-7,9H2,1-2H3,(H,17,19). The highest BCUT2D eigenvalue weighted by molar-refractivity contribution is 5.78. The maximum absolute atomic E-state index is 12.2. The number of halogens is 2. The molecule has 1 aromatic rings. The Morgan fingerprint density at radius 3 is 2.81 bits per heavy atom. The Hall–Kier alpha value is -1.73. The van der Waals surface area contributed by atoms with Crippen LogP contribution in [0.25, 0.3) is 0 Å². The summed E-state index contributed by atoms with van der Waals surface area (Å²) >= 11 is 0. The average Bonchev–Trinajstić information content (AvgIpc) is 2.44. The molecule has 1 rings (SSSR count). The maximum Gasteiger partial charge on any atom is 0.387 e. The van der Waals surface area contributed by atoms with Crippen LogP contribution in [-0.4, -0.2) is 39.3 Å². The molecule has 0 aromatic heterocycles. The molecule has 7 heteroatoms. The van der Waals surface area contributed by atoms with E-state index in [1.54, 1.807) is 19.2 Å². The van der Waals surface area contributed by atoms with Crippen molar-refractivity contribution in [2.45, 2.75) is 19.6 Å². The Kier molecular flexibility index (Phi) is 7.63. The minimum absolute atomic E-state index is 0.0979. The second kappa shape index (κ2) is 9.25. The smallest absolute Gasteiger partial charge is 0.387 e. The molecule has 0 saturated heterocycles. The molecule has 5 nitrogen and oxygen atoms in total. The van der Waals surface area contributed by atoms with Gasteiger partial charge >= 0.3 is 6.61 Å². The van der Waals surface area contributed by atoms with E-state index in [0.29, 0.717) is 13.2 Å². The summed E-state index contributed by atoms with van der Waals surface area (Å²) in [5.74, 6) is -0.0559. The minimum atomic E-state index is -2.85. The number of ether oxygens (including phenoxy) is 2. The summed E-state index contributed by atoms with van der Waals surface area (Å²) in [6.45, 7) is 0.0154. The van der Waals surface area contributed by atoms with Gasteiger partial charge in [-0.05, 0) is 24.6 Å². The highest BCUT2D eigenvalue weighted by atomic mass is 19.3. The van der Waals surface area contributed by atoms with Crippen molar-refractivity contribution in [3.8, 4) is 5.75 Å². The van der Waals surface area contributed by atoms with Crippen LogP contribution in [0.2, 0.25) is 0 Å². The summed E-state index contributed by atoms with van der Waals surface area (Å²) in [5.41, 5.74) is 0.762. The summed E-state index contributed by atoms with van der Waals surface area (Å²) in [7, 11) is 1.56. The monoisotopic (exact) mass is 302 g/mol. The fourth-order valence-electron chi connectivity index (χ4n) is 1.68. The second-order valence-corrected chi connectivity index (χ2v) is 4.40. The fraction of sp³-hybridized carbons (Fsp3) is 0.500. The molecule has 0 aliphatic carbocycles. The van der Waals surface area contributed by atoms with Crippen molar-refractivity contribution in [1.29, 1.82) is 0 Å². The lowest BCUT2D eigenvalue weighted by molar-refractivity contribution is -0.120. The number of hydrogen-bond acceptors (Lipinski definition) is 4. The molecule has 0 saturated carbocycles. The quantitative estimate of drug-likeness (QED) is 0.682. The summed E-state index contributed by atoms with van der Waals surface area (Å²) in [5, 5.41) is 5.69. The van der Waals surface area contributed by atoms with Crippen LogP contribution in [-0.2, 0) is 9.53 Å². The lowest BCUT2D eigenvalue weighted by Gasteiger charge is -2.15. The van der Waals surface area contributed by atoms with E-state index in [1.807, 2.05) is 6.92 Å². The Labute approximate surface area is 122 Å². The first-order chi connectivity index (χ1) is 10.0. The van der Waals surface area contributed by atoms with Gasteiger partial charge in [-0.3, -0.25) is 4.79 Å². The van der Waals surface area contributed by atoms with Crippen LogP contribution in [0.5, 0.6) is 5.75 Å². The highest BCUT2D eigenvalue weighted by Gasteiger charge is 2.10.